The van der Waals surface area contributed by atoms with E-state index in [1.807, 2.05) is 0 Å². The molecule has 134 valence electrons. The average molecular weight is 393 g/mol. The predicted molar refractivity (Wildman–Crippen MR) is 100.0 cm³/mol. The van der Waals surface area contributed by atoms with Gasteiger partial charge in [0.2, 0.25) is 0 Å². The SMILES string of the molecule is Cc1ccccc1C(=O)NNC(=S)NC(=O)c1ccc(Cl)c([N+](=O)[O-])c1. The van der Waals surface area contributed by atoms with Crippen LogP contribution in [-0.2, 0) is 0 Å². The molecule has 0 radical (unpaired) electrons. The van der Waals surface area contributed by atoms with Crippen LogP contribution in [-0.4, -0.2) is 21.9 Å². The second kappa shape index (κ2) is 8.37. The Balaban J connectivity index is 1.96. The maximum absolute atomic E-state index is 12.1. The van der Waals surface area contributed by atoms with Crippen LogP contribution in [0.2, 0.25) is 5.02 Å². The summed E-state index contributed by atoms with van der Waals surface area (Å²) in [5, 5.41) is 12.9. The molecule has 2 aromatic carbocycles. The predicted octanol–water partition coefficient (Wildman–Crippen LogP) is 2.51. The van der Waals surface area contributed by atoms with E-state index in [2.05, 4.69) is 16.2 Å². The van der Waals surface area contributed by atoms with Crippen molar-refractivity contribution in [3.63, 3.8) is 0 Å². The average Bonchev–Trinajstić information content (AvgIpc) is 2.60. The van der Waals surface area contributed by atoms with Crippen molar-refractivity contribution in [2.45, 2.75) is 6.92 Å². The van der Waals surface area contributed by atoms with E-state index in [0.29, 0.717) is 5.56 Å². The number of hydrogen-bond acceptors (Lipinski definition) is 5. The van der Waals surface area contributed by atoms with Crippen LogP contribution in [0.25, 0.3) is 0 Å². The van der Waals surface area contributed by atoms with Crippen molar-refractivity contribution in [2.75, 3.05) is 0 Å². The van der Waals surface area contributed by atoms with Gasteiger partial charge in [-0.3, -0.25) is 35.9 Å². The van der Waals surface area contributed by atoms with E-state index >= 15 is 0 Å². The molecule has 0 bridgehead atoms. The number of hydrogen-bond donors (Lipinski definition) is 3. The largest absolute Gasteiger partial charge is 0.298 e. The monoisotopic (exact) mass is 392 g/mol. The molecule has 0 aliphatic heterocycles. The smallest absolute Gasteiger partial charge is 0.288 e. The number of carbonyl (C=O) groups excluding carboxylic acids is 2. The zero-order valence-corrected chi connectivity index (χ0v) is 15.0. The molecule has 0 atom stereocenters. The molecule has 2 rings (SSSR count). The van der Waals surface area contributed by atoms with Crippen molar-refractivity contribution in [2.24, 2.45) is 0 Å². The van der Waals surface area contributed by atoms with Crippen LogP contribution in [0.15, 0.2) is 42.5 Å². The Morgan fingerprint density at radius 3 is 2.46 bits per heavy atom. The number of aryl methyl sites for hydroxylation is 1. The van der Waals surface area contributed by atoms with Gasteiger partial charge < -0.3 is 0 Å². The van der Waals surface area contributed by atoms with Crippen LogP contribution in [0.5, 0.6) is 0 Å². The fourth-order valence-corrected chi connectivity index (χ4v) is 2.34. The van der Waals surface area contributed by atoms with Crippen LogP contribution < -0.4 is 16.2 Å². The summed E-state index contributed by atoms with van der Waals surface area (Å²) >= 11 is 10.6. The number of nitro groups is 1. The third-order valence-electron chi connectivity index (χ3n) is 3.31. The van der Waals surface area contributed by atoms with Crippen LogP contribution in [0.3, 0.4) is 0 Å². The van der Waals surface area contributed by atoms with E-state index < -0.39 is 22.4 Å². The van der Waals surface area contributed by atoms with Gasteiger partial charge in [0.25, 0.3) is 17.5 Å². The Hall–Kier alpha value is -3.04. The topological polar surface area (TPSA) is 113 Å². The summed E-state index contributed by atoms with van der Waals surface area (Å²) in [6, 6.07) is 10.5. The quantitative estimate of drug-likeness (QED) is 0.420. The normalized spacial score (nSPS) is 9.92. The van der Waals surface area contributed by atoms with Crippen molar-refractivity contribution < 1.29 is 14.5 Å². The Morgan fingerprint density at radius 2 is 1.81 bits per heavy atom. The van der Waals surface area contributed by atoms with Gasteiger partial charge in [-0.15, -0.1) is 0 Å². The molecular formula is C16H13ClN4O4S. The van der Waals surface area contributed by atoms with E-state index in [-0.39, 0.29) is 15.7 Å². The summed E-state index contributed by atoms with van der Waals surface area (Å²) in [6.45, 7) is 1.78. The number of thiocarbonyl (C=S) groups is 1. The van der Waals surface area contributed by atoms with Gasteiger partial charge in [0.05, 0.1) is 4.92 Å². The molecule has 0 saturated carbocycles. The first-order valence-corrected chi connectivity index (χ1v) is 7.99. The highest BCUT2D eigenvalue weighted by Crippen LogP contribution is 2.24. The van der Waals surface area contributed by atoms with Gasteiger partial charge in [-0.2, -0.15) is 0 Å². The lowest BCUT2D eigenvalue weighted by atomic mass is 10.1. The van der Waals surface area contributed by atoms with Gasteiger partial charge in [0.15, 0.2) is 5.11 Å². The van der Waals surface area contributed by atoms with E-state index in [0.717, 1.165) is 11.6 Å². The van der Waals surface area contributed by atoms with Crippen molar-refractivity contribution in [3.8, 4) is 0 Å². The Bertz CT molecular complexity index is 904. The molecule has 2 aromatic rings. The minimum atomic E-state index is -0.696. The van der Waals surface area contributed by atoms with Gasteiger partial charge in [-0.05, 0) is 42.9 Å². The lowest BCUT2D eigenvalue weighted by Crippen LogP contribution is -2.48. The number of hydrazine groups is 1. The molecule has 0 unspecified atom stereocenters. The first-order valence-electron chi connectivity index (χ1n) is 7.21. The first kappa shape index (κ1) is 19.3. The number of nitrogens with one attached hydrogen (secondary N) is 3. The van der Waals surface area contributed by atoms with Crippen molar-refractivity contribution in [1.82, 2.24) is 16.2 Å². The Kier molecular flexibility index (Phi) is 6.21. The fourth-order valence-electron chi connectivity index (χ4n) is 2.01. The van der Waals surface area contributed by atoms with Gasteiger partial charge in [0, 0.05) is 17.2 Å². The lowest BCUT2D eigenvalue weighted by molar-refractivity contribution is -0.384. The zero-order chi connectivity index (χ0) is 19.3. The number of nitrogens with zero attached hydrogens (tertiary/aromatic N) is 1. The summed E-state index contributed by atoms with van der Waals surface area (Å²) < 4.78 is 0. The molecule has 0 aliphatic rings. The molecule has 0 aliphatic carbocycles. The van der Waals surface area contributed by atoms with Gasteiger partial charge in [-0.25, -0.2) is 0 Å². The molecular weight excluding hydrogens is 380 g/mol. The maximum atomic E-state index is 12.1. The first-order chi connectivity index (χ1) is 12.3. The maximum Gasteiger partial charge on any atom is 0.288 e. The second-order valence-corrected chi connectivity index (χ2v) is 5.92. The summed E-state index contributed by atoms with van der Waals surface area (Å²) in [5.41, 5.74) is 5.58. The van der Waals surface area contributed by atoms with Gasteiger partial charge in [-0.1, -0.05) is 29.8 Å². The zero-order valence-electron chi connectivity index (χ0n) is 13.4. The van der Waals surface area contributed by atoms with E-state index in [1.165, 1.54) is 12.1 Å². The highest BCUT2D eigenvalue weighted by molar-refractivity contribution is 7.80. The van der Waals surface area contributed by atoms with E-state index in [9.17, 15) is 19.7 Å². The number of benzene rings is 2. The minimum absolute atomic E-state index is 0.00418. The number of carbonyl (C=O) groups is 2. The van der Waals surface area contributed by atoms with E-state index in [1.54, 1.807) is 31.2 Å². The summed E-state index contributed by atoms with van der Waals surface area (Å²) in [5.74, 6) is -1.12. The molecule has 0 aromatic heterocycles. The molecule has 3 N–H and O–H groups in total. The molecule has 10 heteroatoms. The third kappa shape index (κ3) is 4.74. The number of rotatable bonds is 3. The number of nitro benzene ring substituents is 1. The Labute approximate surface area is 158 Å². The van der Waals surface area contributed by atoms with E-state index in [4.69, 9.17) is 23.8 Å². The van der Waals surface area contributed by atoms with Crippen LogP contribution in [0.4, 0.5) is 5.69 Å². The molecule has 0 saturated heterocycles. The molecule has 0 spiro atoms. The fraction of sp³-hybridized carbons (Fsp3) is 0.0625. The highest BCUT2D eigenvalue weighted by atomic mass is 35.5. The van der Waals surface area contributed by atoms with Crippen molar-refractivity contribution in [1.29, 1.82) is 0 Å². The van der Waals surface area contributed by atoms with Gasteiger partial charge in [0.1, 0.15) is 5.02 Å². The molecule has 0 fully saturated rings. The number of amides is 2. The summed E-state index contributed by atoms with van der Waals surface area (Å²) in [4.78, 5) is 34.3. The van der Waals surface area contributed by atoms with Crippen molar-refractivity contribution in [3.05, 3.63) is 74.3 Å². The minimum Gasteiger partial charge on any atom is -0.298 e. The third-order valence-corrected chi connectivity index (χ3v) is 3.84. The Morgan fingerprint density at radius 1 is 1.12 bits per heavy atom. The molecule has 0 heterocycles. The van der Waals surface area contributed by atoms with Crippen LogP contribution >= 0.6 is 23.8 Å². The van der Waals surface area contributed by atoms with Crippen molar-refractivity contribution >= 4 is 46.4 Å². The summed E-state index contributed by atoms with van der Waals surface area (Å²) in [6.07, 6.45) is 0. The van der Waals surface area contributed by atoms with Gasteiger partial charge >= 0.3 is 0 Å². The standard InChI is InChI=1S/C16H13ClN4O4S/c1-9-4-2-3-5-11(9)15(23)19-20-16(26)18-14(22)10-6-7-12(17)13(8-10)21(24)25/h2-8H,1H3,(H,19,23)(H2,18,20,22,26). The summed E-state index contributed by atoms with van der Waals surface area (Å²) in [7, 11) is 0. The number of halogens is 1. The van der Waals surface area contributed by atoms with Crippen LogP contribution in [0.1, 0.15) is 26.3 Å². The van der Waals surface area contributed by atoms with Crippen LogP contribution in [0, 0.1) is 17.0 Å². The highest BCUT2D eigenvalue weighted by Gasteiger charge is 2.17. The molecule has 26 heavy (non-hydrogen) atoms. The molecule has 2 amide bonds. The molecule has 8 nitrogen and oxygen atoms in total. The lowest BCUT2D eigenvalue weighted by Gasteiger charge is -2.12. The second-order valence-electron chi connectivity index (χ2n) is 5.10.